The highest BCUT2D eigenvalue weighted by Crippen LogP contribution is 2.29. The first-order valence-electron chi connectivity index (χ1n) is 7.65. The first-order valence-corrected chi connectivity index (χ1v) is 7.65. The number of aryl methyl sites for hydroxylation is 1. The van der Waals surface area contributed by atoms with Crippen LogP contribution in [0.15, 0.2) is 66.9 Å². The summed E-state index contributed by atoms with van der Waals surface area (Å²) in [5.41, 5.74) is 2.83. The molecule has 3 N–H and O–H groups in total. The highest BCUT2D eigenvalue weighted by atomic mass is 16.3. The standard InChI is InChI=1S/C20H18N2O2/c1-14-6-2-3-7-15(14)12-13-21-20(24)22-18-10-4-9-17-16(18)8-5-11-19(17)23/h2-13,23H,1H3,(H2,21,22,24)/b13-12+. The predicted molar refractivity (Wildman–Crippen MR) is 98.0 cm³/mol. The van der Waals surface area contributed by atoms with Crippen molar-refractivity contribution in [1.29, 1.82) is 0 Å². The van der Waals surface area contributed by atoms with Crippen molar-refractivity contribution in [2.45, 2.75) is 6.92 Å². The van der Waals surface area contributed by atoms with Gasteiger partial charge in [-0.25, -0.2) is 4.79 Å². The fourth-order valence-corrected chi connectivity index (χ4v) is 2.54. The molecule has 0 heterocycles. The van der Waals surface area contributed by atoms with Gasteiger partial charge in [0.25, 0.3) is 0 Å². The van der Waals surface area contributed by atoms with Gasteiger partial charge in [0.05, 0.1) is 5.69 Å². The topological polar surface area (TPSA) is 61.4 Å². The quantitative estimate of drug-likeness (QED) is 0.658. The van der Waals surface area contributed by atoms with Gasteiger partial charge in [-0.15, -0.1) is 0 Å². The summed E-state index contributed by atoms with van der Waals surface area (Å²) in [5, 5.41) is 16.9. The number of fused-ring (bicyclic) bond motifs is 1. The molecule has 0 aromatic heterocycles. The molecule has 0 spiro atoms. The molecule has 3 aromatic carbocycles. The third-order valence-corrected chi connectivity index (χ3v) is 3.81. The van der Waals surface area contributed by atoms with Crippen molar-refractivity contribution in [3.63, 3.8) is 0 Å². The highest BCUT2D eigenvalue weighted by Gasteiger charge is 2.06. The summed E-state index contributed by atoms with van der Waals surface area (Å²) in [7, 11) is 0. The van der Waals surface area contributed by atoms with Gasteiger partial charge in [0, 0.05) is 17.0 Å². The van der Waals surface area contributed by atoms with E-state index in [0.717, 1.165) is 16.5 Å². The Balaban J connectivity index is 1.72. The van der Waals surface area contributed by atoms with E-state index in [1.807, 2.05) is 49.4 Å². The van der Waals surface area contributed by atoms with Crippen LogP contribution in [0.4, 0.5) is 10.5 Å². The minimum atomic E-state index is -0.337. The molecular weight excluding hydrogens is 300 g/mol. The van der Waals surface area contributed by atoms with Gasteiger partial charge in [0.2, 0.25) is 0 Å². The largest absolute Gasteiger partial charge is 0.507 e. The number of benzene rings is 3. The number of carbonyl (C=O) groups is 1. The number of phenols is 1. The van der Waals surface area contributed by atoms with Gasteiger partial charge in [-0.2, -0.15) is 0 Å². The lowest BCUT2D eigenvalue weighted by Gasteiger charge is -2.09. The van der Waals surface area contributed by atoms with E-state index in [1.54, 1.807) is 30.5 Å². The Labute approximate surface area is 140 Å². The number of rotatable bonds is 3. The normalized spacial score (nSPS) is 10.9. The van der Waals surface area contributed by atoms with Crippen LogP contribution >= 0.6 is 0 Å². The van der Waals surface area contributed by atoms with Crippen molar-refractivity contribution in [3.05, 3.63) is 78.0 Å². The van der Waals surface area contributed by atoms with Crippen LogP contribution < -0.4 is 10.6 Å². The molecule has 3 aromatic rings. The fraction of sp³-hybridized carbons (Fsp3) is 0.0500. The number of carbonyl (C=O) groups excluding carboxylic acids is 1. The van der Waals surface area contributed by atoms with Gasteiger partial charge in [0.1, 0.15) is 5.75 Å². The van der Waals surface area contributed by atoms with Crippen LogP contribution in [-0.4, -0.2) is 11.1 Å². The number of hydrogen-bond donors (Lipinski definition) is 3. The van der Waals surface area contributed by atoms with Gasteiger partial charge >= 0.3 is 6.03 Å². The molecular formula is C20H18N2O2. The van der Waals surface area contributed by atoms with E-state index in [9.17, 15) is 9.90 Å². The number of hydrogen-bond acceptors (Lipinski definition) is 2. The summed E-state index contributed by atoms with van der Waals surface area (Å²) < 4.78 is 0. The predicted octanol–water partition coefficient (Wildman–Crippen LogP) is 4.65. The van der Waals surface area contributed by atoms with Crippen LogP contribution in [0.3, 0.4) is 0 Å². The van der Waals surface area contributed by atoms with E-state index in [1.165, 1.54) is 0 Å². The van der Waals surface area contributed by atoms with E-state index in [0.29, 0.717) is 11.1 Å². The summed E-state index contributed by atoms with van der Waals surface area (Å²) in [6.07, 6.45) is 3.46. The van der Waals surface area contributed by atoms with Crippen LogP contribution in [0.25, 0.3) is 16.8 Å². The summed E-state index contributed by atoms with van der Waals surface area (Å²) >= 11 is 0. The Morgan fingerprint density at radius 2 is 1.71 bits per heavy atom. The molecule has 4 heteroatoms. The zero-order chi connectivity index (χ0) is 16.9. The van der Waals surface area contributed by atoms with E-state index in [4.69, 9.17) is 0 Å². The average Bonchev–Trinajstić information content (AvgIpc) is 2.58. The van der Waals surface area contributed by atoms with Crippen LogP contribution in [0.2, 0.25) is 0 Å². The van der Waals surface area contributed by atoms with Gasteiger partial charge < -0.3 is 15.7 Å². The summed E-state index contributed by atoms with van der Waals surface area (Å²) in [4.78, 5) is 12.1. The highest BCUT2D eigenvalue weighted by molar-refractivity contribution is 6.03. The lowest BCUT2D eigenvalue weighted by Crippen LogP contribution is -2.23. The van der Waals surface area contributed by atoms with Crippen molar-refractivity contribution in [2.24, 2.45) is 0 Å². The Kier molecular flexibility index (Phi) is 4.47. The molecule has 120 valence electrons. The van der Waals surface area contributed by atoms with Crippen LogP contribution in [0.5, 0.6) is 5.75 Å². The summed E-state index contributed by atoms with van der Waals surface area (Å²) in [6, 6.07) is 18.2. The minimum absolute atomic E-state index is 0.191. The van der Waals surface area contributed by atoms with Crippen molar-refractivity contribution < 1.29 is 9.90 Å². The molecule has 0 saturated carbocycles. The molecule has 0 bridgehead atoms. The second-order valence-electron chi connectivity index (χ2n) is 5.47. The second kappa shape index (κ2) is 6.87. The maximum atomic E-state index is 12.1. The first-order chi connectivity index (χ1) is 11.6. The molecule has 0 aliphatic rings. The average molecular weight is 318 g/mol. The van der Waals surface area contributed by atoms with Crippen LogP contribution in [-0.2, 0) is 0 Å². The SMILES string of the molecule is Cc1ccccc1/C=C/NC(=O)Nc1cccc2c(O)cccc12. The second-order valence-corrected chi connectivity index (χ2v) is 5.47. The Morgan fingerprint density at radius 3 is 2.54 bits per heavy atom. The maximum Gasteiger partial charge on any atom is 0.323 e. The molecule has 0 fully saturated rings. The fourth-order valence-electron chi connectivity index (χ4n) is 2.54. The molecule has 4 nitrogen and oxygen atoms in total. The van der Waals surface area contributed by atoms with Crippen LogP contribution in [0.1, 0.15) is 11.1 Å². The van der Waals surface area contributed by atoms with Crippen molar-refractivity contribution >= 4 is 28.6 Å². The summed E-state index contributed by atoms with van der Waals surface area (Å²) in [6.45, 7) is 2.02. The Hall–Kier alpha value is -3.27. The Morgan fingerprint density at radius 1 is 0.958 bits per heavy atom. The molecule has 0 saturated heterocycles. The number of nitrogens with one attached hydrogen (secondary N) is 2. The first kappa shape index (κ1) is 15.6. The molecule has 3 rings (SSSR count). The van der Waals surface area contributed by atoms with Crippen molar-refractivity contribution in [2.75, 3.05) is 5.32 Å². The van der Waals surface area contributed by atoms with Crippen molar-refractivity contribution in [1.82, 2.24) is 5.32 Å². The minimum Gasteiger partial charge on any atom is -0.507 e. The van der Waals surface area contributed by atoms with E-state index in [2.05, 4.69) is 10.6 Å². The molecule has 0 unspecified atom stereocenters. The van der Waals surface area contributed by atoms with E-state index >= 15 is 0 Å². The zero-order valence-corrected chi connectivity index (χ0v) is 13.3. The lowest BCUT2D eigenvalue weighted by molar-refractivity contribution is 0.255. The molecule has 24 heavy (non-hydrogen) atoms. The van der Waals surface area contributed by atoms with Gasteiger partial charge in [-0.3, -0.25) is 0 Å². The van der Waals surface area contributed by atoms with Gasteiger partial charge in [-0.05, 0) is 36.3 Å². The number of phenolic OH excluding ortho intramolecular Hbond substituents is 1. The molecule has 0 aliphatic heterocycles. The van der Waals surface area contributed by atoms with Gasteiger partial charge in [-0.1, -0.05) is 48.5 Å². The number of aromatic hydroxyl groups is 1. The monoisotopic (exact) mass is 318 g/mol. The van der Waals surface area contributed by atoms with Crippen molar-refractivity contribution in [3.8, 4) is 5.75 Å². The Bertz CT molecular complexity index is 916. The third kappa shape index (κ3) is 3.38. The number of anilines is 1. The lowest BCUT2D eigenvalue weighted by atomic mass is 10.1. The van der Waals surface area contributed by atoms with E-state index < -0.39 is 0 Å². The smallest absolute Gasteiger partial charge is 0.323 e. The molecule has 2 amide bonds. The number of urea groups is 1. The molecule has 0 aliphatic carbocycles. The number of amides is 2. The summed E-state index contributed by atoms with van der Waals surface area (Å²) in [5.74, 6) is 0.191. The zero-order valence-electron chi connectivity index (χ0n) is 13.3. The molecule has 0 atom stereocenters. The maximum absolute atomic E-state index is 12.1. The molecule has 0 radical (unpaired) electrons. The van der Waals surface area contributed by atoms with Gasteiger partial charge in [0.15, 0.2) is 0 Å². The third-order valence-electron chi connectivity index (χ3n) is 3.81. The van der Waals surface area contributed by atoms with Crippen LogP contribution in [0, 0.1) is 6.92 Å². The van der Waals surface area contributed by atoms with E-state index in [-0.39, 0.29) is 11.8 Å².